The Morgan fingerprint density at radius 3 is 2.54 bits per heavy atom. The summed E-state index contributed by atoms with van der Waals surface area (Å²) in [6.45, 7) is 9.10. The van der Waals surface area contributed by atoms with E-state index in [-0.39, 0.29) is 52.3 Å². The third-order valence-corrected chi connectivity index (χ3v) is 10.7. The molecular formula is C32H41ClN6O6S. The van der Waals surface area contributed by atoms with Gasteiger partial charge in [0.25, 0.3) is 5.56 Å². The van der Waals surface area contributed by atoms with E-state index in [9.17, 15) is 18.0 Å². The van der Waals surface area contributed by atoms with Gasteiger partial charge in [-0.05, 0) is 83.2 Å². The third-order valence-electron chi connectivity index (χ3n) is 8.95. The number of halogens is 1. The molecule has 12 nitrogen and oxygen atoms in total. The van der Waals surface area contributed by atoms with Gasteiger partial charge in [0.1, 0.15) is 16.3 Å². The first-order valence-corrected chi connectivity index (χ1v) is 17.6. The molecule has 0 atom stereocenters. The summed E-state index contributed by atoms with van der Waals surface area (Å²) in [6.07, 6.45) is 7.00. The van der Waals surface area contributed by atoms with E-state index in [4.69, 9.17) is 21.1 Å². The summed E-state index contributed by atoms with van der Waals surface area (Å²) in [5, 5.41) is 4.00. The third kappa shape index (κ3) is 6.87. The Kier molecular flexibility index (Phi) is 8.81. The summed E-state index contributed by atoms with van der Waals surface area (Å²) in [7, 11) is -3.76. The van der Waals surface area contributed by atoms with Gasteiger partial charge in [-0.15, -0.1) is 0 Å². The van der Waals surface area contributed by atoms with Crippen molar-refractivity contribution in [1.82, 2.24) is 24.2 Å². The van der Waals surface area contributed by atoms with E-state index >= 15 is 0 Å². The van der Waals surface area contributed by atoms with Crippen LogP contribution in [0, 0.1) is 12.3 Å². The number of carbonyl (C=O) groups excluding carboxylic acids is 1. The van der Waals surface area contributed by atoms with Gasteiger partial charge in [-0.1, -0.05) is 24.4 Å². The Morgan fingerprint density at radius 2 is 1.87 bits per heavy atom. The first kappa shape index (κ1) is 32.7. The minimum absolute atomic E-state index is 0.0467. The quantitative estimate of drug-likeness (QED) is 0.289. The lowest BCUT2D eigenvalue weighted by atomic mass is 9.62. The van der Waals surface area contributed by atoms with Gasteiger partial charge in [0, 0.05) is 48.4 Å². The molecule has 3 fully saturated rings. The Morgan fingerprint density at radius 1 is 1.15 bits per heavy atom. The number of benzene rings is 1. The lowest BCUT2D eigenvalue weighted by Crippen LogP contribution is -2.65. The number of hydrogen-bond donors (Lipinski definition) is 2. The zero-order chi connectivity index (χ0) is 32.9. The number of ether oxygens (including phenoxy) is 2. The normalized spacial score (nSPS) is 18.5. The minimum atomic E-state index is -3.76. The Hall–Kier alpha value is -3.26. The van der Waals surface area contributed by atoms with Crippen LogP contribution < -0.4 is 15.6 Å². The molecule has 1 aliphatic heterocycles. The van der Waals surface area contributed by atoms with Gasteiger partial charge in [-0.2, -0.15) is 4.98 Å². The molecule has 2 aliphatic carbocycles. The van der Waals surface area contributed by atoms with Crippen LogP contribution in [0.2, 0.25) is 5.02 Å². The summed E-state index contributed by atoms with van der Waals surface area (Å²) in [5.41, 5.74) is 1.18. The number of nitrogens with one attached hydrogen (secondary N) is 2. The van der Waals surface area contributed by atoms with Crippen molar-refractivity contribution in [2.75, 3.05) is 31.6 Å². The zero-order valence-corrected chi connectivity index (χ0v) is 28.2. The summed E-state index contributed by atoms with van der Waals surface area (Å²) in [6, 6.07) is 6.42. The molecule has 3 aromatic rings. The topological polar surface area (TPSA) is 145 Å². The molecule has 2 saturated carbocycles. The number of fused-ring (bicyclic) bond motifs is 1. The van der Waals surface area contributed by atoms with E-state index in [1.807, 2.05) is 20.8 Å². The molecular weight excluding hydrogens is 632 g/mol. The number of carbonyl (C=O) groups is 1. The standard InChI is InChI=1S/C32H41ClN6O6S/c1-20-13-24(46(42,43)35-11-12-44-23-15-32(16-23)18-38(19-32)30(41)45-31(2,3)4)9-10-26(20)36-29-34-17-21-14-25(33)28(40)39(27(21)37-29)22-7-5-6-8-22/h9-10,13-14,17,22-23,35H,5-8,11-12,15-16,18-19H2,1-4H3,(H,34,36,37). The number of rotatable bonds is 9. The number of hydrogen-bond acceptors (Lipinski definition) is 9. The van der Waals surface area contributed by atoms with E-state index in [1.54, 1.807) is 40.8 Å². The average molecular weight is 673 g/mol. The van der Waals surface area contributed by atoms with Gasteiger partial charge in [0.2, 0.25) is 16.0 Å². The van der Waals surface area contributed by atoms with E-state index in [1.165, 1.54) is 6.07 Å². The van der Waals surface area contributed by atoms with Crippen molar-refractivity contribution in [2.45, 2.75) is 88.9 Å². The molecule has 248 valence electrons. The van der Waals surface area contributed by atoms with Crippen molar-refractivity contribution >= 4 is 50.4 Å². The maximum atomic E-state index is 13.0. The summed E-state index contributed by atoms with van der Waals surface area (Å²) < 4.78 is 41.6. The van der Waals surface area contributed by atoms with Gasteiger partial charge in [-0.25, -0.2) is 22.9 Å². The second-order valence-corrected chi connectivity index (χ2v) is 16.0. The Balaban J connectivity index is 1.01. The molecule has 2 aromatic heterocycles. The zero-order valence-electron chi connectivity index (χ0n) is 26.6. The SMILES string of the molecule is Cc1cc(S(=O)(=O)NCCOC2CC3(C2)CN(C(=O)OC(C)(C)C)C3)ccc1Nc1ncc2cc(Cl)c(=O)n(C3CCCC3)c2n1. The molecule has 14 heteroatoms. The van der Waals surface area contributed by atoms with E-state index in [2.05, 4.69) is 20.0 Å². The fraction of sp³-hybridized carbons (Fsp3) is 0.562. The molecule has 1 amide bonds. The fourth-order valence-electron chi connectivity index (χ4n) is 6.70. The number of aryl methyl sites for hydroxylation is 1. The predicted molar refractivity (Wildman–Crippen MR) is 175 cm³/mol. The van der Waals surface area contributed by atoms with E-state index < -0.39 is 15.6 Å². The van der Waals surface area contributed by atoms with Crippen LogP contribution in [0.5, 0.6) is 0 Å². The number of aromatic nitrogens is 3. The second kappa shape index (κ2) is 12.4. The summed E-state index contributed by atoms with van der Waals surface area (Å²) >= 11 is 6.24. The number of nitrogens with zero attached hydrogens (tertiary/aromatic N) is 4. The largest absolute Gasteiger partial charge is 0.444 e. The monoisotopic (exact) mass is 672 g/mol. The molecule has 1 aromatic carbocycles. The molecule has 0 bridgehead atoms. The fourth-order valence-corrected chi connectivity index (χ4v) is 8.00. The first-order chi connectivity index (χ1) is 21.7. The van der Waals surface area contributed by atoms with Crippen LogP contribution in [0.15, 0.2) is 40.2 Å². The van der Waals surface area contributed by atoms with Crippen LogP contribution in [-0.4, -0.2) is 71.9 Å². The van der Waals surface area contributed by atoms with Gasteiger partial charge in [0.15, 0.2) is 0 Å². The maximum Gasteiger partial charge on any atom is 0.410 e. The lowest BCUT2D eigenvalue weighted by molar-refractivity contribution is -0.145. The van der Waals surface area contributed by atoms with Gasteiger partial charge < -0.3 is 19.7 Å². The Bertz CT molecular complexity index is 1800. The number of likely N-dealkylation sites (tertiary alicyclic amines) is 1. The van der Waals surface area contributed by atoms with Crippen LogP contribution in [0.3, 0.4) is 0 Å². The predicted octanol–water partition coefficient (Wildman–Crippen LogP) is 5.31. The maximum absolute atomic E-state index is 13.0. The summed E-state index contributed by atoms with van der Waals surface area (Å²) in [4.78, 5) is 36.1. The highest BCUT2D eigenvalue weighted by molar-refractivity contribution is 7.89. The molecule has 0 radical (unpaired) electrons. The van der Waals surface area contributed by atoms with E-state index in [0.717, 1.165) is 38.5 Å². The van der Waals surface area contributed by atoms with Gasteiger partial charge in [-0.3, -0.25) is 9.36 Å². The second-order valence-electron chi connectivity index (χ2n) is 13.8. The van der Waals surface area contributed by atoms with Crippen molar-refractivity contribution in [2.24, 2.45) is 5.41 Å². The molecule has 46 heavy (non-hydrogen) atoms. The van der Waals surface area contributed by atoms with Crippen LogP contribution in [0.4, 0.5) is 16.4 Å². The van der Waals surface area contributed by atoms with Crippen molar-refractivity contribution in [3.05, 3.63) is 51.4 Å². The molecule has 6 rings (SSSR count). The number of amides is 1. The smallest absolute Gasteiger partial charge is 0.410 e. The number of pyridine rings is 1. The van der Waals surface area contributed by atoms with Crippen LogP contribution in [0.1, 0.15) is 70.9 Å². The molecule has 3 aliphatic rings. The molecule has 2 N–H and O–H groups in total. The van der Waals surface area contributed by atoms with Crippen molar-refractivity contribution in [1.29, 1.82) is 0 Å². The molecule has 1 saturated heterocycles. The molecule has 3 heterocycles. The molecule has 1 spiro atoms. The highest BCUT2D eigenvalue weighted by Gasteiger charge is 2.54. The minimum Gasteiger partial charge on any atom is -0.444 e. The van der Waals surface area contributed by atoms with Crippen molar-refractivity contribution < 1.29 is 22.7 Å². The first-order valence-electron chi connectivity index (χ1n) is 15.8. The van der Waals surface area contributed by atoms with Crippen LogP contribution in [-0.2, 0) is 19.5 Å². The molecule has 0 unspecified atom stereocenters. The van der Waals surface area contributed by atoms with Crippen LogP contribution in [0.25, 0.3) is 11.0 Å². The number of anilines is 2. The summed E-state index contributed by atoms with van der Waals surface area (Å²) in [5.74, 6) is 0.298. The van der Waals surface area contributed by atoms with Crippen LogP contribution >= 0.6 is 11.6 Å². The Labute approximate surface area is 273 Å². The van der Waals surface area contributed by atoms with Gasteiger partial charge in [0.05, 0.1) is 17.6 Å². The van der Waals surface area contributed by atoms with Gasteiger partial charge >= 0.3 is 6.09 Å². The highest BCUT2D eigenvalue weighted by atomic mass is 35.5. The number of sulfonamides is 1. The average Bonchev–Trinajstić information content (AvgIpc) is 3.46. The van der Waals surface area contributed by atoms with E-state index in [0.29, 0.717) is 41.3 Å². The highest BCUT2D eigenvalue weighted by Crippen LogP contribution is 2.49. The van der Waals surface area contributed by atoms with Crippen molar-refractivity contribution in [3.63, 3.8) is 0 Å². The lowest BCUT2D eigenvalue weighted by Gasteiger charge is -2.58. The van der Waals surface area contributed by atoms with Crippen molar-refractivity contribution in [3.8, 4) is 0 Å².